The number of nitrogens with two attached hydrogens (primary N) is 1. The second kappa shape index (κ2) is 5.06. The fraction of sp³-hybridized carbons (Fsp3) is 0. The van der Waals surface area contributed by atoms with Crippen LogP contribution in [0.5, 0.6) is 0 Å². The molecule has 0 aromatic heterocycles. The molecule has 0 atom stereocenters. The Morgan fingerprint density at radius 3 is 2.53 bits per heavy atom. The predicted molar refractivity (Wildman–Crippen MR) is 78.5 cm³/mol. The van der Waals surface area contributed by atoms with E-state index < -0.39 is 0 Å². The molecule has 0 fully saturated rings. The third-order valence-corrected chi connectivity index (χ3v) is 3.38. The van der Waals surface area contributed by atoms with Gasteiger partial charge < -0.3 is 5.73 Å². The molecular formula is C13H9ClINO. The molecule has 0 radical (unpaired) electrons. The average Bonchev–Trinajstić information content (AvgIpc) is 2.32. The standard InChI is InChI=1S/C13H9ClINO/c14-11-4-2-1-3-9(11)13(17)10-7-8(15)5-6-12(10)16/h1-7H,16H2. The molecule has 2 aromatic rings. The van der Waals surface area contributed by atoms with Crippen LogP contribution in [0.2, 0.25) is 5.02 Å². The van der Waals surface area contributed by atoms with Crippen molar-refractivity contribution < 1.29 is 4.79 Å². The van der Waals surface area contributed by atoms with Gasteiger partial charge in [-0.1, -0.05) is 23.7 Å². The van der Waals surface area contributed by atoms with Gasteiger partial charge in [0.2, 0.25) is 0 Å². The molecule has 0 saturated heterocycles. The van der Waals surface area contributed by atoms with Crippen molar-refractivity contribution >= 4 is 45.7 Å². The molecule has 0 spiro atoms. The number of carbonyl (C=O) groups excluding carboxylic acids is 1. The summed E-state index contributed by atoms with van der Waals surface area (Å²) in [6, 6.07) is 12.3. The number of hydrogen-bond donors (Lipinski definition) is 1. The zero-order valence-electron chi connectivity index (χ0n) is 8.78. The number of rotatable bonds is 2. The molecule has 0 amide bonds. The fourth-order valence-electron chi connectivity index (χ4n) is 1.52. The lowest BCUT2D eigenvalue weighted by atomic mass is 10.0. The number of benzene rings is 2. The highest BCUT2D eigenvalue weighted by Gasteiger charge is 2.15. The maximum Gasteiger partial charge on any atom is 0.196 e. The van der Waals surface area contributed by atoms with Crippen molar-refractivity contribution in [3.05, 3.63) is 62.2 Å². The molecule has 2 rings (SSSR count). The molecule has 0 bridgehead atoms. The van der Waals surface area contributed by atoms with Crippen molar-refractivity contribution in [3.8, 4) is 0 Å². The smallest absolute Gasteiger partial charge is 0.196 e. The minimum absolute atomic E-state index is 0.147. The highest BCUT2D eigenvalue weighted by molar-refractivity contribution is 14.1. The summed E-state index contributed by atoms with van der Waals surface area (Å²) >= 11 is 8.14. The van der Waals surface area contributed by atoms with Crippen LogP contribution in [-0.4, -0.2) is 5.78 Å². The first-order chi connectivity index (χ1) is 8.09. The van der Waals surface area contributed by atoms with Gasteiger partial charge >= 0.3 is 0 Å². The van der Waals surface area contributed by atoms with Crippen LogP contribution in [0.3, 0.4) is 0 Å². The van der Waals surface area contributed by atoms with Crippen molar-refractivity contribution in [1.82, 2.24) is 0 Å². The van der Waals surface area contributed by atoms with Crippen molar-refractivity contribution in [2.45, 2.75) is 0 Å². The van der Waals surface area contributed by atoms with Crippen LogP contribution in [0.15, 0.2) is 42.5 Å². The molecule has 2 nitrogen and oxygen atoms in total. The molecule has 0 aliphatic heterocycles. The van der Waals surface area contributed by atoms with Crippen molar-refractivity contribution in [2.75, 3.05) is 5.73 Å². The van der Waals surface area contributed by atoms with Gasteiger partial charge in [0, 0.05) is 20.4 Å². The van der Waals surface area contributed by atoms with Crippen LogP contribution in [0.4, 0.5) is 5.69 Å². The Labute approximate surface area is 118 Å². The maximum absolute atomic E-state index is 12.3. The Balaban J connectivity index is 2.51. The predicted octanol–water partition coefficient (Wildman–Crippen LogP) is 3.76. The third-order valence-electron chi connectivity index (χ3n) is 2.38. The van der Waals surface area contributed by atoms with Gasteiger partial charge in [0.25, 0.3) is 0 Å². The lowest BCUT2D eigenvalue weighted by Crippen LogP contribution is -2.06. The van der Waals surface area contributed by atoms with Gasteiger partial charge in [-0.05, 0) is 52.9 Å². The number of halogens is 2. The average molecular weight is 358 g/mol. The first-order valence-electron chi connectivity index (χ1n) is 4.94. The molecule has 0 heterocycles. The molecular weight excluding hydrogens is 349 g/mol. The van der Waals surface area contributed by atoms with Gasteiger partial charge in [0.1, 0.15) is 0 Å². The number of nitrogen functional groups attached to an aromatic ring is 1. The summed E-state index contributed by atoms with van der Waals surface area (Å²) in [6.45, 7) is 0. The first kappa shape index (κ1) is 12.4. The molecule has 2 N–H and O–H groups in total. The van der Waals surface area contributed by atoms with E-state index in [4.69, 9.17) is 17.3 Å². The SMILES string of the molecule is Nc1ccc(I)cc1C(=O)c1ccccc1Cl. The van der Waals surface area contributed by atoms with Crippen LogP contribution in [0.1, 0.15) is 15.9 Å². The zero-order chi connectivity index (χ0) is 12.4. The van der Waals surface area contributed by atoms with Crippen LogP contribution in [0, 0.1) is 3.57 Å². The summed E-state index contributed by atoms with van der Waals surface area (Å²) in [5.74, 6) is -0.147. The summed E-state index contributed by atoms with van der Waals surface area (Å²) in [7, 11) is 0. The Bertz CT molecular complexity index is 583. The Morgan fingerprint density at radius 2 is 1.82 bits per heavy atom. The van der Waals surface area contributed by atoms with E-state index in [9.17, 15) is 4.79 Å². The van der Waals surface area contributed by atoms with Crippen LogP contribution < -0.4 is 5.73 Å². The van der Waals surface area contributed by atoms with E-state index in [0.717, 1.165) is 3.57 Å². The van der Waals surface area contributed by atoms with E-state index in [1.165, 1.54) is 0 Å². The van der Waals surface area contributed by atoms with Crippen molar-refractivity contribution in [1.29, 1.82) is 0 Å². The normalized spacial score (nSPS) is 10.2. The number of hydrogen-bond acceptors (Lipinski definition) is 2. The molecule has 0 unspecified atom stereocenters. The van der Waals surface area contributed by atoms with Gasteiger partial charge in [-0.3, -0.25) is 4.79 Å². The van der Waals surface area contributed by atoms with E-state index in [2.05, 4.69) is 22.6 Å². The Hall–Kier alpha value is -1.07. The number of ketones is 1. The highest BCUT2D eigenvalue weighted by atomic mass is 127. The van der Waals surface area contributed by atoms with Crippen LogP contribution in [-0.2, 0) is 0 Å². The molecule has 4 heteroatoms. The first-order valence-corrected chi connectivity index (χ1v) is 6.39. The lowest BCUT2D eigenvalue weighted by molar-refractivity contribution is 0.103. The Morgan fingerprint density at radius 1 is 1.12 bits per heavy atom. The summed E-state index contributed by atoms with van der Waals surface area (Å²) in [6.07, 6.45) is 0. The third kappa shape index (κ3) is 2.61. The second-order valence-electron chi connectivity index (χ2n) is 3.54. The second-order valence-corrected chi connectivity index (χ2v) is 5.19. The fourth-order valence-corrected chi connectivity index (χ4v) is 2.23. The van der Waals surface area contributed by atoms with Crippen LogP contribution >= 0.6 is 34.2 Å². The summed E-state index contributed by atoms with van der Waals surface area (Å²) in [5.41, 5.74) is 7.24. The Kier molecular flexibility index (Phi) is 3.69. The lowest BCUT2D eigenvalue weighted by Gasteiger charge is -2.06. The van der Waals surface area contributed by atoms with Crippen molar-refractivity contribution in [2.24, 2.45) is 0 Å². The molecule has 17 heavy (non-hydrogen) atoms. The quantitative estimate of drug-likeness (QED) is 0.505. The van der Waals surface area contributed by atoms with Gasteiger partial charge in [0.05, 0.1) is 5.02 Å². The van der Waals surface area contributed by atoms with E-state index in [0.29, 0.717) is 21.8 Å². The highest BCUT2D eigenvalue weighted by Crippen LogP contribution is 2.23. The topological polar surface area (TPSA) is 43.1 Å². The molecule has 0 aliphatic carbocycles. The summed E-state index contributed by atoms with van der Waals surface area (Å²) in [4.78, 5) is 12.3. The van der Waals surface area contributed by atoms with Gasteiger partial charge in [-0.15, -0.1) is 0 Å². The monoisotopic (exact) mass is 357 g/mol. The van der Waals surface area contributed by atoms with Crippen LogP contribution in [0.25, 0.3) is 0 Å². The maximum atomic E-state index is 12.3. The van der Waals surface area contributed by atoms with E-state index >= 15 is 0 Å². The van der Waals surface area contributed by atoms with Crippen molar-refractivity contribution in [3.63, 3.8) is 0 Å². The number of carbonyl (C=O) groups is 1. The molecule has 0 aliphatic rings. The molecule has 0 saturated carbocycles. The van der Waals surface area contributed by atoms with Gasteiger partial charge in [-0.2, -0.15) is 0 Å². The van der Waals surface area contributed by atoms with E-state index in [1.807, 2.05) is 6.07 Å². The largest absolute Gasteiger partial charge is 0.398 e. The minimum atomic E-state index is -0.147. The van der Waals surface area contributed by atoms with E-state index in [-0.39, 0.29) is 5.78 Å². The molecule has 2 aromatic carbocycles. The summed E-state index contributed by atoms with van der Waals surface area (Å²) < 4.78 is 0.965. The van der Waals surface area contributed by atoms with Gasteiger partial charge in [-0.25, -0.2) is 0 Å². The summed E-state index contributed by atoms with van der Waals surface area (Å²) in [5, 5.41) is 0.441. The zero-order valence-corrected chi connectivity index (χ0v) is 11.7. The minimum Gasteiger partial charge on any atom is -0.398 e. The van der Waals surface area contributed by atoms with Gasteiger partial charge in [0.15, 0.2) is 5.78 Å². The molecule has 86 valence electrons. The van der Waals surface area contributed by atoms with E-state index in [1.54, 1.807) is 36.4 Å². The number of anilines is 1.